The third-order valence-corrected chi connectivity index (χ3v) is 1.34. The summed E-state index contributed by atoms with van der Waals surface area (Å²) in [7, 11) is 0. The van der Waals surface area contributed by atoms with Gasteiger partial charge in [0.1, 0.15) is 0 Å². The van der Waals surface area contributed by atoms with Crippen molar-refractivity contribution < 1.29 is 0 Å². The highest BCUT2D eigenvalue weighted by Crippen LogP contribution is 2.18. The van der Waals surface area contributed by atoms with Crippen LogP contribution in [0.1, 0.15) is 20.3 Å². The van der Waals surface area contributed by atoms with E-state index >= 15 is 0 Å². The van der Waals surface area contributed by atoms with E-state index in [1.54, 1.807) is 0 Å². The average molecular weight is 138 g/mol. The van der Waals surface area contributed by atoms with E-state index in [2.05, 4.69) is 25.7 Å². The number of allylic oxidation sites excluding steroid dienone is 1. The zero-order valence-electron chi connectivity index (χ0n) is 6.65. The minimum Gasteiger partial charge on any atom is -0.323 e. The van der Waals surface area contributed by atoms with E-state index in [1.165, 1.54) is 0 Å². The molecule has 0 rings (SSSR count). The van der Waals surface area contributed by atoms with Crippen LogP contribution in [0.3, 0.4) is 0 Å². The normalized spacial score (nSPS) is 10.1. The first-order chi connectivity index (χ1) is 4.62. The predicted octanol–water partition coefficient (Wildman–Crippen LogP) is 1.66. The molecule has 0 aromatic carbocycles. The zero-order valence-corrected chi connectivity index (χ0v) is 6.65. The van der Waals surface area contributed by atoms with Crippen LogP contribution in [0.5, 0.6) is 0 Å². The van der Waals surface area contributed by atoms with Gasteiger partial charge in [0.15, 0.2) is 6.19 Å². The number of rotatable bonds is 4. The molecule has 56 valence electrons. The summed E-state index contributed by atoms with van der Waals surface area (Å²) < 4.78 is 0. The van der Waals surface area contributed by atoms with Crippen LogP contribution in [0.4, 0.5) is 0 Å². The van der Waals surface area contributed by atoms with Crippen LogP contribution in [0.25, 0.3) is 0 Å². The predicted molar refractivity (Wildman–Crippen MR) is 42.2 cm³/mol. The number of nitrogens with one attached hydrogen (secondary N) is 1. The summed E-state index contributed by atoms with van der Waals surface area (Å²) in [5.41, 5.74) is 0.150. The first kappa shape index (κ1) is 9.03. The molecule has 2 heteroatoms. The Hall–Kier alpha value is -0.970. The molecule has 0 radical (unpaired) electrons. The number of hydrogen-bond donors (Lipinski definition) is 1. The lowest BCUT2D eigenvalue weighted by Crippen LogP contribution is -2.25. The second-order valence-electron chi connectivity index (χ2n) is 3.12. The second-order valence-corrected chi connectivity index (χ2v) is 3.12. The average Bonchev–Trinajstić information content (AvgIpc) is 1.84. The SMILES string of the molecule is C=CCC(C)(C)CNC#N. The highest BCUT2D eigenvalue weighted by molar-refractivity contribution is 4.83. The number of nitrogens with zero attached hydrogens (tertiary/aromatic N) is 1. The lowest BCUT2D eigenvalue weighted by Gasteiger charge is -2.20. The van der Waals surface area contributed by atoms with Crippen molar-refractivity contribution in [3.05, 3.63) is 12.7 Å². The van der Waals surface area contributed by atoms with Crippen molar-refractivity contribution in [2.45, 2.75) is 20.3 Å². The van der Waals surface area contributed by atoms with Gasteiger partial charge in [-0.3, -0.25) is 0 Å². The molecule has 0 heterocycles. The van der Waals surface area contributed by atoms with Gasteiger partial charge < -0.3 is 5.32 Å². The van der Waals surface area contributed by atoms with Gasteiger partial charge in [-0.1, -0.05) is 19.9 Å². The molecule has 0 atom stereocenters. The van der Waals surface area contributed by atoms with Gasteiger partial charge in [0.2, 0.25) is 0 Å². The Morgan fingerprint density at radius 3 is 2.70 bits per heavy atom. The molecular formula is C8H14N2. The van der Waals surface area contributed by atoms with E-state index in [1.807, 2.05) is 12.3 Å². The Bertz CT molecular complexity index is 142. The summed E-state index contributed by atoms with van der Waals surface area (Å²) in [6.07, 6.45) is 4.70. The maximum Gasteiger partial charge on any atom is 0.176 e. The van der Waals surface area contributed by atoms with Crippen molar-refractivity contribution in [1.29, 1.82) is 5.26 Å². The molecule has 0 amide bonds. The Balaban J connectivity index is 3.64. The van der Waals surface area contributed by atoms with Crippen molar-refractivity contribution in [3.63, 3.8) is 0 Å². The Kier molecular flexibility index (Phi) is 3.56. The summed E-state index contributed by atoms with van der Waals surface area (Å²) in [6, 6.07) is 0. The molecule has 0 unspecified atom stereocenters. The monoisotopic (exact) mass is 138 g/mol. The number of nitriles is 1. The van der Waals surface area contributed by atoms with Crippen LogP contribution in [-0.4, -0.2) is 6.54 Å². The molecule has 0 spiro atoms. The molecule has 0 saturated carbocycles. The molecule has 2 nitrogen and oxygen atoms in total. The fourth-order valence-corrected chi connectivity index (χ4v) is 0.742. The van der Waals surface area contributed by atoms with Gasteiger partial charge in [-0.2, -0.15) is 5.26 Å². The van der Waals surface area contributed by atoms with Gasteiger partial charge in [-0.15, -0.1) is 6.58 Å². The fraction of sp³-hybridized carbons (Fsp3) is 0.625. The summed E-state index contributed by atoms with van der Waals surface area (Å²) in [5.74, 6) is 0. The van der Waals surface area contributed by atoms with Crippen LogP contribution >= 0.6 is 0 Å². The van der Waals surface area contributed by atoms with Crippen molar-refractivity contribution in [2.75, 3.05) is 6.54 Å². The molecule has 0 aliphatic heterocycles. The lowest BCUT2D eigenvalue weighted by molar-refractivity contribution is 0.365. The summed E-state index contributed by atoms with van der Waals surface area (Å²) in [5, 5.41) is 10.8. The highest BCUT2D eigenvalue weighted by Gasteiger charge is 2.14. The molecule has 0 fully saturated rings. The van der Waals surface area contributed by atoms with Crippen LogP contribution in [-0.2, 0) is 0 Å². The lowest BCUT2D eigenvalue weighted by atomic mass is 9.89. The van der Waals surface area contributed by atoms with E-state index in [9.17, 15) is 0 Å². The third kappa shape index (κ3) is 3.96. The minimum absolute atomic E-state index is 0.150. The van der Waals surface area contributed by atoms with Gasteiger partial charge in [-0.05, 0) is 11.8 Å². The highest BCUT2D eigenvalue weighted by atomic mass is 14.9. The van der Waals surface area contributed by atoms with Crippen LogP contribution < -0.4 is 5.32 Å². The quantitative estimate of drug-likeness (QED) is 0.364. The topological polar surface area (TPSA) is 35.8 Å². The van der Waals surface area contributed by atoms with E-state index < -0.39 is 0 Å². The van der Waals surface area contributed by atoms with Crippen LogP contribution in [0.15, 0.2) is 12.7 Å². The Morgan fingerprint density at radius 2 is 2.30 bits per heavy atom. The van der Waals surface area contributed by atoms with E-state index in [0.29, 0.717) is 0 Å². The molecule has 10 heavy (non-hydrogen) atoms. The Labute approximate surface area is 62.5 Å². The molecular weight excluding hydrogens is 124 g/mol. The van der Waals surface area contributed by atoms with Crippen molar-refractivity contribution in [1.82, 2.24) is 5.32 Å². The van der Waals surface area contributed by atoms with E-state index in [-0.39, 0.29) is 5.41 Å². The number of hydrogen-bond acceptors (Lipinski definition) is 2. The zero-order chi connectivity index (χ0) is 8.04. The molecule has 0 aliphatic rings. The molecule has 0 aromatic heterocycles. The first-order valence-electron chi connectivity index (χ1n) is 3.35. The van der Waals surface area contributed by atoms with E-state index in [0.717, 1.165) is 13.0 Å². The summed E-state index contributed by atoms with van der Waals surface area (Å²) in [6.45, 7) is 8.55. The molecule has 0 aliphatic carbocycles. The van der Waals surface area contributed by atoms with Crippen LogP contribution in [0, 0.1) is 16.9 Å². The molecule has 0 aromatic rings. The molecule has 0 bridgehead atoms. The van der Waals surface area contributed by atoms with Gasteiger partial charge in [0.25, 0.3) is 0 Å². The van der Waals surface area contributed by atoms with Crippen molar-refractivity contribution in [3.8, 4) is 6.19 Å². The van der Waals surface area contributed by atoms with Gasteiger partial charge >= 0.3 is 0 Å². The molecule has 1 N–H and O–H groups in total. The van der Waals surface area contributed by atoms with Gasteiger partial charge in [-0.25, -0.2) is 0 Å². The maximum absolute atomic E-state index is 8.21. The minimum atomic E-state index is 0.150. The standard InChI is InChI=1S/C8H14N2/c1-4-5-8(2,3)6-10-7-9/h4,10H,1,5-6H2,2-3H3. The van der Waals surface area contributed by atoms with E-state index in [4.69, 9.17) is 5.26 Å². The maximum atomic E-state index is 8.21. The van der Waals surface area contributed by atoms with Crippen molar-refractivity contribution in [2.24, 2.45) is 5.41 Å². The van der Waals surface area contributed by atoms with Crippen molar-refractivity contribution >= 4 is 0 Å². The van der Waals surface area contributed by atoms with Gasteiger partial charge in [0.05, 0.1) is 0 Å². The smallest absolute Gasteiger partial charge is 0.176 e. The first-order valence-corrected chi connectivity index (χ1v) is 3.35. The largest absolute Gasteiger partial charge is 0.323 e. The second kappa shape index (κ2) is 3.94. The summed E-state index contributed by atoms with van der Waals surface area (Å²) in [4.78, 5) is 0. The molecule has 0 saturated heterocycles. The fourth-order valence-electron chi connectivity index (χ4n) is 0.742. The van der Waals surface area contributed by atoms with Gasteiger partial charge in [0, 0.05) is 6.54 Å². The van der Waals surface area contributed by atoms with Crippen LogP contribution in [0.2, 0.25) is 0 Å². The summed E-state index contributed by atoms with van der Waals surface area (Å²) >= 11 is 0. The third-order valence-electron chi connectivity index (χ3n) is 1.34. The Morgan fingerprint density at radius 1 is 1.70 bits per heavy atom.